The summed E-state index contributed by atoms with van der Waals surface area (Å²) in [5.41, 5.74) is 6.54. The number of nitrogens with zero attached hydrogens (tertiary/aromatic N) is 1. The molecule has 5 nitrogen and oxygen atoms in total. The Morgan fingerprint density at radius 1 is 1.20 bits per heavy atom. The number of hydrogen-bond donors (Lipinski definition) is 2. The van der Waals surface area contributed by atoms with E-state index >= 15 is 0 Å². The van der Waals surface area contributed by atoms with Crippen molar-refractivity contribution in [2.45, 2.75) is 32.8 Å². The molecule has 1 heterocycles. The van der Waals surface area contributed by atoms with Gasteiger partial charge in [-0.25, -0.2) is 0 Å². The van der Waals surface area contributed by atoms with E-state index in [1.165, 1.54) is 0 Å². The molecule has 1 fully saturated rings. The van der Waals surface area contributed by atoms with Crippen molar-refractivity contribution in [1.29, 1.82) is 0 Å². The van der Waals surface area contributed by atoms with Crippen LogP contribution in [-0.2, 0) is 9.59 Å². The molecule has 0 aromatic heterocycles. The van der Waals surface area contributed by atoms with Crippen LogP contribution in [0.25, 0.3) is 0 Å². The zero-order chi connectivity index (χ0) is 14.9. The molecule has 1 atom stereocenters. The molecule has 20 heavy (non-hydrogen) atoms. The van der Waals surface area contributed by atoms with Crippen molar-refractivity contribution in [1.82, 2.24) is 4.90 Å². The molecule has 1 saturated heterocycles. The lowest BCUT2D eigenvalue weighted by Crippen LogP contribution is -2.47. The monoisotopic (exact) mass is 276 g/mol. The van der Waals surface area contributed by atoms with Crippen molar-refractivity contribution in [3.05, 3.63) is 29.8 Å². The first kappa shape index (κ1) is 14.5. The topological polar surface area (TPSA) is 83.6 Å². The van der Waals surface area contributed by atoms with Gasteiger partial charge in [0.1, 0.15) is 0 Å². The number of aliphatic hydroxyl groups is 1. The van der Waals surface area contributed by atoms with E-state index in [0.717, 1.165) is 4.90 Å². The fourth-order valence-electron chi connectivity index (χ4n) is 2.41. The van der Waals surface area contributed by atoms with Crippen LogP contribution in [0.5, 0.6) is 0 Å². The number of rotatable bonds is 3. The first-order valence-corrected chi connectivity index (χ1v) is 6.65. The van der Waals surface area contributed by atoms with Gasteiger partial charge in [0.2, 0.25) is 11.8 Å². The molecule has 0 radical (unpaired) electrons. The van der Waals surface area contributed by atoms with E-state index in [2.05, 4.69) is 0 Å². The lowest BCUT2D eigenvalue weighted by Gasteiger charge is -2.35. The molecule has 1 unspecified atom stereocenters. The van der Waals surface area contributed by atoms with Gasteiger partial charge in [-0.05, 0) is 23.1 Å². The number of carbonyl (C=O) groups is 2. The average molecular weight is 276 g/mol. The van der Waals surface area contributed by atoms with Crippen molar-refractivity contribution in [2.24, 2.45) is 5.41 Å². The highest BCUT2D eigenvalue weighted by Gasteiger charge is 2.38. The minimum atomic E-state index is -0.885. The smallest absolute Gasteiger partial charge is 0.229 e. The number of nitrogens with two attached hydrogens (primary N) is 1. The Labute approximate surface area is 118 Å². The average Bonchev–Trinajstić information content (AvgIpc) is 2.33. The van der Waals surface area contributed by atoms with E-state index in [9.17, 15) is 14.7 Å². The highest BCUT2D eigenvalue weighted by Crippen LogP contribution is 2.32. The number of hydrogen-bond acceptors (Lipinski definition) is 4. The van der Waals surface area contributed by atoms with Crippen LogP contribution in [0.3, 0.4) is 0 Å². The maximum atomic E-state index is 12.0. The van der Waals surface area contributed by atoms with Gasteiger partial charge in [-0.2, -0.15) is 0 Å². The number of likely N-dealkylation sites (tertiary alicyclic amines) is 1. The number of benzene rings is 1. The Morgan fingerprint density at radius 3 is 2.20 bits per heavy atom. The third-order valence-corrected chi connectivity index (χ3v) is 3.54. The second-order valence-corrected chi connectivity index (χ2v) is 6.10. The predicted molar refractivity (Wildman–Crippen MR) is 75.5 cm³/mol. The normalized spacial score (nSPS) is 20.1. The van der Waals surface area contributed by atoms with Crippen LogP contribution in [0.2, 0.25) is 0 Å². The van der Waals surface area contributed by atoms with Gasteiger partial charge in [-0.1, -0.05) is 26.0 Å². The van der Waals surface area contributed by atoms with E-state index in [1.807, 2.05) is 13.8 Å². The molecule has 5 heteroatoms. The van der Waals surface area contributed by atoms with Crippen LogP contribution in [0.15, 0.2) is 24.3 Å². The largest absolute Gasteiger partial charge is 0.399 e. The minimum absolute atomic E-state index is 0.00232. The molecule has 1 aliphatic rings. The molecule has 0 saturated carbocycles. The van der Waals surface area contributed by atoms with Crippen molar-refractivity contribution in [3.63, 3.8) is 0 Å². The summed E-state index contributed by atoms with van der Waals surface area (Å²) in [7, 11) is 0. The van der Waals surface area contributed by atoms with Crippen LogP contribution in [0, 0.1) is 5.41 Å². The van der Waals surface area contributed by atoms with Gasteiger partial charge in [-0.3, -0.25) is 14.5 Å². The summed E-state index contributed by atoms with van der Waals surface area (Å²) in [6.07, 6.45) is -0.231. The summed E-state index contributed by atoms with van der Waals surface area (Å²) in [4.78, 5) is 25.2. The fourth-order valence-corrected chi connectivity index (χ4v) is 2.41. The Balaban J connectivity index is 2.07. The second kappa shape index (κ2) is 5.25. The summed E-state index contributed by atoms with van der Waals surface area (Å²) in [6, 6.07) is 6.76. The maximum Gasteiger partial charge on any atom is 0.229 e. The van der Waals surface area contributed by atoms with Crippen molar-refractivity contribution in [3.8, 4) is 0 Å². The molecule has 3 N–H and O–H groups in total. The van der Waals surface area contributed by atoms with Gasteiger partial charge < -0.3 is 10.8 Å². The van der Waals surface area contributed by atoms with Gasteiger partial charge in [0.15, 0.2) is 0 Å². The Kier molecular flexibility index (Phi) is 3.81. The van der Waals surface area contributed by atoms with E-state index in [4.69, 9.17) is 5.73 Å². The Hall–Kier alpha value is -1.88. The number of β-amino-alcohol motifs (C(OH)–C–C–N with tert-alkyl or cyclic N) is 1. The predicted octanol–water partition coefficient (Wildman–Crippen LogP) is 1.48. The quantitative estimate of drug-likeness (QED) is 0.647. The highest BCUT2D eigenvalue weighted by atomic mass is 16.3. The number of imide groups is 1. The molecule has 1 aromatic carbocycles. The molecule has 0 bridgehead atoms. The van der Waals surface area contributed by atoms with Crippen LogP contribution in [0.4, 0.5) is 5.69 Å². The number of amides is 2. The minimum Gasteiger partial charge on any atom is -0.399 e. The molecule has 1 aliphatic heterocycles. The van der Waals surface area contributed by atoms with Crippen LogP contribution < -0.4 is 5.73 Å². The molecular formula is C15H20N2O3. The zero-order valence-electron chi connectivity index (χ0n) is 11.8. The van der Waals surface area contributed by atoms with E-state index < -0.39 is 6.10 Å². The summed E-state index contributed by atoms with van der Waals surface area (Å²) < 4.78 is 0. The zero-order valence-corrected chi connectivity index (χ0v) is 11.8. The van der Waals surface area contributed by atoms with Gasteiger partial charge >= 0.3 is 0 Å². The Bertz CT molecular complexity index is 502. The third-order valence-electron chi connectivity index (χ3n) is 3.54. The number of piperidine rings is 1. The number of nitrogen functional groups attached to an aromatic ring is 1. The number of anilines is 1. The molecule has 0 spiro atoms. The van der Waals surface area contributed by atoms with Crippen molar-refractivity contribution < 1.29 is 14.7 Å². The summed E-state index contributed by atoms with van der Waals surface area (Å²) in [5.74, 6) is -0.443. The number of carbonyl (C=O) groups excluding carboxylic acids is 2. The lowest BCUT2D eigenvalue weighted by molar-refractivity contribution is -0.154. The van der Waals surface area contributed by atoms with Crippen LogP contribution >= 0.6 is 0 Å². The third kappa shape index (κ3) is 3.17. The molecule has 1 aromatic rings. The van der Waals surface area contributed by atoms with Crippen LogP contribution in [0.1, 0.15) is 38.4 Å². The van der Waals surface area contributed by atoms with Gasteiger partial charge in [0.05, 0.1) is 12.6 Å². The standard InChI is InChI=1S/C15H20N2O3/c1-15(2)7-13(19)17(14(20)8-15)9-12(18)10-3-5-11(16)6-4-10/h3-6,12,18H,7-9,16H2,1-2H3. The van der Waals surface area contributed by atoms with Crippen LogP contribution in [-0.4, -0.2) is 28.4 Å². The Morgan fingerprint density at radius 2 is 1.70 bits per heavy atom. The maximum absolute atomic E-state index is 12.0. The first-order chi connectivity index (χ1) is 9.28. The first-order valence-electron chi connectivity index (χ1n) is 6.65. The lowest BCUT2D eigenvalue weighted by atomic mass is 9.81. The summed E-state index contributed by atoms with van der Waals surface area (Å²) in [6.45, 7) is 3.80. The second-order valence-electron chi connectivity index (χ2n) is 6.10. The van der Waals surface area contributed by atoms with E-state index in [0.29, 0.717) is 24.1 Å². The molecule has 108 valence electrons. The van der Waals surface area contributed by atoms with Gasteiger partial charge in [0, 0.05) is 18.5 Å². The van der Waals surface area contributed by atoms with E-state index in [-0.39, 0.29) is 23.8 Å². The highest BCUT2D eigenvalue weighted by molar-refractivity contribution is 5.98. The van der Waals surface area contributed by atoms with Crippen molar-refractivity contribution in [2.75, 3.05) is 12.3 Å². The molecule has 0 aliphatic carbocycles. The number of aliphatic hydroxyl groups excluding tert-OH is 1. The van der Waals surface area contributed by atoms with Gasteiger partial charge in [0.25, 0.3) is 0 Å². The summed E-state index contributed by atoms with van der Waals surface area (Å²) >= 11 is 0. The van der Waals surface area contributed by atoms with E-state index in [1.54, 1.807) is 24.3 Å². The molecular weight excluding hydrogens is 256 g/mol. The SMILES string of the molecule is CC1(C)CC(=O)N(CC(O)c2ccc(N)cc2)C(=O)C1. The fraction of sp³-hybridized carbons (Fsp3) is 0.467. The van der Waals surface area contributed by atoms with Crippen molar-refractivity contribution >= 4 is 17.5 Å². The molecule has 2 amide bonds. The summed E-state index contributed by atoms with van der Waals surface area (Å²) in [5, 5.41) is 10.1. The molecule has 2 rings (SSSR count). The van der Waals surface area contributed by atoms with Gasteiger partial charge in [-0.15, -0.1) is 0 Å².